The molecule has 0 aromatic rings. The molecule has 1 heterocycles. The number of carbonyl (C=O) groups is 1. The molecule has 0 spiro atoms. The molecule has 2 fully saturated rings. The van der Waals surface area contributed by atoms with Crippen molar-refractivity contribution in [1.29, 1.82) is 0 Å². The van der Waals surface area contributed by atoms with Gasteiger partial charge in [-0.25, -0.2) is 0 Å². The first-order valence-corrected chi connectivity index (χ1v) is 6.13. The van der Waals surface area contributed by atoms with Crippen molar-refractivity contribution in [1.82, 2.24) is 5.32 Å². The van der Waals surface area contributed by atoms with Crippen LogP contribution in [0.1, 0.15) is 39.0 Å². The Balaban J connectivity index is 1.79. The maximum absolute atomic E-state index is 11.9. The number of aliphatic hydroxyl groups excluding tert-OH is 1. The van der Waals surface area contributed by atoms with Crippen molar-refractivity contribution in [2.24, 2.45) is 5.41 Å². The molecule has 1 unspecified atom stereocenters. The van der Waals surface area contributed by atoms with E-state index in [9.17, 15) is 4.79 Å². The molecule has 0 aromatic heterocycles. The number of hydrogen-bond donors (Lipinski definition) is 2. The Bertz CT molecular complexity index is 267. The lowest BCUT2D eigenvalue weighted by atomic mass is 9.99. The second kappa shape index (κ2) is 4.34. The Morgan fingerprint density at radius 1 is 1.44 bits per heavy atom. The Hall–Kier alpha value is -0.610. The molecule has 0 radical (unpaired) electrons. The van der Waals surface area contributed by atoms with Gasteiger partial charge in [-0.3, -0.25) is 4.79 Å². The fraction of sp³-hybridized carbons (Fsp3) is 0.917. The summed E-state index contributed by atoms with van der Waals surface area (Å²) in [5.74, 6) is 0.00853. The van der Waals surface area contributed by atoms with Crippen LogP contribution in [0.5, 0.6) is 0 Å². The standard InChI is InChI=1S/C12H21NO3/c1-11(3-2-8-16-11)10(15)13-9-12(4-5-12)6-7-14/h14H,2-9H2,1H3,(H,13,15). The quantitative estimate of drug-likeness (QED) is 0.731. The van der Waals surface area contributed by atoms with Crippen molar-refractivity contribution in [3.8, 4) is 0 Å². The molecule has 0 aromatic carbocycles. The molecule has 1 aliphatic heterocycles. The van der Waals surface area contributed by atoms with Gasteiger partial charge in [0, 0.05) is 19.8 Å². The first kappa shape index (κ1) is 11.9. The summed E-state index contributed by atoms with van der Waals surface area (Å²) in [5.41, 5.74) is -0.436. The van der Waals surface area contributed by atoms with E-state index in [1.807, 2.05) is 6.92 Å². The third-order valence-electron chi connectivity index (χ3n) is 3.92. The van der Waals surface area contributed by atoms with E-state index in [1.54, 1.807) is 0 Å². The molecular weight excluding hydrogens is 206 g/mol. The number of rotatable bonds is 5. The summed E-state index contributed by atoms with van der Waals surface area (Å²) in [6, 6.07) is 0. The zero-order chi connectivity index (χ0) is 11.6. The highest BCUT2D eigenvalue weighted by molar-refractivity contribution is 5.85. The normalized spacial score (nSPS) is 31.4. The molecule has 4 nitrogen and oxygen atoms in total. The SMILES string of the molecule is CC1(C(=O)NCC2(CCO)CC2)CCCO1. The molecule has 2 aliphatic rings. The van der Waals surface area contributed by atoms with Gasteiger partial charge in [0.05, 0.1) is 0 Å². The molecule has 4 heteroatoms. The molecule has 1 saturated heterocycles. The molecule has 1 aliphatic carbocycles. The van der Waals surface area contributed by atoms with Crippen molar-refractivity contribution in [2.75, 3.05) is 19.8 Å². The lowest BCUT2D eigenvalue weighted by molar-refractivity contribution is -0.139. The van der Waals surface area contributed by atoms with Crippen LogP contribution in [-0.2, 0) is 9.53 Å². The van der Waals surface area contributed by atoms with Gasteiger partial charge in [0.1, 0.15) is 5.60 Å². The average molecular weight is 227 g/mol. The fourth-order valence-corrected chi connectivity index (χ4v) is 2.34. The molecule has 16 heavy (non-hydrogen) atoms. The maximum atomic E-state index is 11.9. The van der Waals surface area contributed by atoms with Crippen molar-refractivity contribution in [2.45, 2.75) is 44.6 Å². The van der Waals surface area contributed by atoms with Crippen LogP contribution < -0.4 is 5.32 Å². The molecule has 2 rings (SSSR count). The summed E-state index contributed by atoms with van der Waals surface area (Å²) in [5, 5.41) is 11.9. The lowest BCUT2D eigenvalue weighted by Crippen LogP contribution is -2.45. The van der Waals surface area contributed by atoms with Gasteiger partial charge in [-0.15, -0.1) is 0 Å². The Morgan fingerprint density at radius 2 is 2.19 bits per heavy atom. The largest absolute Gasteiger partial charge is 0.396 e. The summed E-state index contributed by atoms with van der Waals surface area (Å²) < 4.78 is 5.49. The molecule has 1 saturated carbocycles. The number of amides is 1. The summed E-state index contributed by atoms with van der Waals surface area (Å²) >= 11 is 0. The van der Waals surface area contributed by atoms with Crippen LogP contribution in [0.15, 0.2) is 0 Å². The zero-order valence-corrected chi connectivity index (χ0v) is 9.92. The number of nitrogens with one attached hydrogen (secondary N) is 1. The van der Waals surface area contributed by atoms with Crippen molar-refractivity contribution < 1.29 is 14.6 Å². The van der Waals surface area contributed by atoms with E-state index in [2.05, 4.69) is 5.32 Å². The minimum atomic E-state index is -0.616. The number of carbonyl (C=O) groups excluding carboxylic acids is 1. The van der Waals surface area contributed by atoms with E-state index in [1.165, 1.54) is 0 Å². The van der Waals surface area contributed by atoms with Crippen molar-refractivity contribution >= 4 is 5.91 Å². The number of ether oxygens (including phenoxy) is 1. The fourth-order valence-electron chi connectivity index (χ4n) is 2.34. The molecule has 92 valence electrons. The van der Waals surface area contributed by atoms with Gasteiger partial charge in [0.2, 0.25) is 0 Å². The lowest BCUT2D eigenvalue weighted by Gasteiger charge is -2.24. The average Bonchev–Trinajstić information content (AvgIpc) is 2.88. The first-order chi connectivity index (χ1) is 7.60. The van der Waals surface area contributed by atoms with Crippen molar-refractivity contribution in [3.05, 3.63) is 0 Å². The monoisotopic (exact) mass is 227 g/mol. The smallest absolute Gasteiger partial charge is 0.251 e. The van der Waals surface area contributed by atoms with E-state index in [0.717, 1.165) is 32.1 Å². The van der Waals surface area contributed by atoms with Gasteiger partial charge in [-0.05, 0) is 44.4 Å². The predicted molar refractivity (Wildman–Crippen MR) is 60.0 cm³/mol. The topological polar surface area (TPSA) is 58.6 Å². The predicted octanol–water partition coefficient (Wildman–Crippen LogP) is 0.834. The van der Waals surface area contributed by atoms with Crippen LogP contribution in [0.2, 0.25) is 0 Å². The summed E-state index contributed by atoms with van der Waals surface area (Å²) in [7, 11) is 0. The molecular formula is C12H21NO3. The summed E-state index contributed by atoms with van der Waals surface area (Å²) in [6.07, 6.45) is 4.80. The summed E-state index contributed by atoms with van der Waals surface area (Å²) in [4.78, 5) is 11.9. The third-order valence-corrected chi connectivity index (χ3v) is 3.92. The van der Waals surface area contributed by atoms with Gasteiger partial charge in [-0.2, -0.15) is 0 Å². The highest BCUT2D eigenvalue weighted by Crippen LogP contribution is 2.48. The summed E-state index contributed by atoms with van der Waals surface area (Å²) in [6.45, 7) is 3.45. The molecule has 1 amide bonds. The zero-order valence-electron chi connectivity index (χ0n) is 9.92. The minimum Gasteiger partial charge on any atom is -0.396 e. The van der Waals surface area contributed by atoms with Gasteiger partial charge >= 0.3 is 0 Å². The molecule has 0 bridgehead atoms. The highest BCUT2D eigenvalue weighted by Gasteiger charge is 2.44. The number of hydrogen-bond acceptors (Lipinski definition) is 3. The molecule has 2 N–H and O–H groups in total. The van der Waals surface area contributed by atoms with Gasteiger partial charge in [0.15, 0.2) is 0 Å². The van der Waals surface area contributed by atoms with E-state index < -0.39 is 5.60 Å². The van der Waals surface area contributed by atoms with E-state index in [4.69, 9.17) is 9.84 Å². The highest BCUT2D eigenvalue weighted by atomic mass is 16.5. The van der Waals surface area contributed by atoms with Gasteiger partial charge < -0.3 is 15.2 Å². The first-order valence-electron chi connectivity index (χ1n) is 6.13. The van der Waals surface area contributed by atoms with Crippen LogP contribution in [0.3, 0.4) is 0 Å². The van der Waals surface area contributed by atoms with Crippen LogP contribution in [0.4, 0.5) is 0 Å². The Kier molecular flexibility index (Phi) is 3.22. The van der Waals surface area contributed by atoms with Crippen LogP contribution in [-0.4, -0.2) is 36.4 Å². The second-order valence-electron chi connectivity index (χ2n) is 5.34. The Labute approximate surface area is 96.4 Å². The van der Waals surface area contributed by atoms with Gasteiger partial charge in [-0.1, -0.05) is 0 Å². The number of aliphatic hydroxyl groups is 1. The van der Waals surface area contributed by atoms with Crippen molar-refractivity contribution in [3.63, 3.8) is 0 Å². The second-order valence-corrected chi connectivity index (χ2v) is 5.34. The Morgan fingerprint density at radius 3 is 2.69 bits per heavy atom. The van der Waals surface area contributed by atoms with E-state index in [0.29, 0.717) is 13.2 Å². The van der Waals surface area contributed by atoms with Crippen LogP contribution in [0.25, 0.3) is 0 Å². The third kappa shape index (κ3) is 2.38. The maximum Gasteiger partial charge on any atom is 0.251 e. The van der Waals surface area contributed by atoms with E-state index in [-0.39, 0.29) is 17.9 Å². The van der Waals surface area contributed by atoms with Crippen LogP contribution >= 0.6 is 0 Å². The van der Waals surface area contributed by atoms with Crippen LogP contribution in [0, 0.1) is 5.41 Å². The van der Waals surface area contributed by atoms with Gasteiger partial charge in [0.25, 0.3) is 5.91 Å². The minimum absolute atomic E-state index is 0.00853. The van der Waals surface area contributed by atoms with E-state index >= 15 is 0 Å². The molecule has 1 atom stereocenters.